The fourth-order valence-electron chi connectivity index (χ4n) is 2.48. The smallest absolute Gasteiger partial charge is 0.158 e. The molecule has 1 fully saturated rings. The van der Waals surface area contributed by atoms with E-state index < -0.39 is 0 Å². The Morgan fingerprint density at radius 2 is 1.94 bits per heavy atom. The highest BCUT2D eigenvalue weighted by Gasteiger charge is 2.15. The van der Waals surface area contributed by atoms with E-state index in [1.54, 1.807) is 11.1 Å². The molecule has 3 heteroatoms. The fourth-order valence-corrected chi connectivity index (χ4v) is 3.42. The molecular formula is C14H18O2S. The first-order chi connectivity index (χ1) is 8.42. The Hall–Kier alpha value is -0.510. The van der Waals surface area contributed by atoms with E-state index in [0.29, 0.717) is 0 Å². The normalized spacial score (nSPS) is 19.8. The van der Waals surface area contributed by atoms with Crippen LogP contribution in [0.4, 0.5) is 0 Å². The van der Waals surface area contributed by atoms with Gasteiger partial charge in [-0.05, 0) is 42.5 Å². The van der Waals surface area contributed by atoms with Crippen LogP contribution >= 0.6 is 11.8 Å². The zero-order valence-corrected chi connectivity index (χ0v) is 10.8. The lowest BCUT2D eigenvalue weighted by Gasteiger charge is -2.09. The van der Waals surface area contributed by atoms with Crippen LogP contribution in [0, 0.1) is 0 Å². The third kappa shape index (κ3) is 2.84. The van der Waals surface area contributed by atoms with Gasteiger partial charge in [0.05, 0.1) is 13.2 Å². The number of ether oxygens (including phenoxy) is 2. The SMILES string of the molecule is c1cc2c(cc1SCCC1OCCO1)CCC2. The number of hydrogen-bond acceptors (Lipinski definition) is 3. The quantitative estimate of drug-likeness (QED) is 0.765. The fraction of sp³-hybridized carbons (Fsp3) is 0.571. The number of hydrogen-bond donors (Lipinski definition) is 0. The molecule has 2 aliphatic rings. The Morgan fingerprint density at radius 3 is 2.82 bits per heavy atom. The molecule has 1 aliphatic heterocycles. The summed E-state index contributed by atoms with van der Waals surface area (Å²) in [6.07, 6.45) is 4.88. The molecule has 0 unspecified atom stereocenters. The minimum atomic E-state index is 0.0388. The topological polar surface area (TPSA) is 18.5 Å². The van der Waals surface area contributed by atoms with E-state index in [-0.39, 0.29) is 6.29 Å². The van der Waals surface area contributed by atoms with E-state index in [1.807, 2.05) is 11.8 Å². The Morgan fingerprint density at radius 1 is 1.12 bits per heavy atom. The summed E-state index contributed by atoms with van der Waals surface area (Å²) in [7, 11) is 0. The van der Waals surface area contributed by atoms with Crippen LogP contribution in [-0.2, 0) is 22.3 Å². The highest BCUT2D eigenvalue weighted by Crippen LogP contribution is 2.28. The summed E-state index contributed by atoms with van der Waals surface area (Å²) in [5.74, 6) is 1.07. The summed E-state index contributed by atoms with van der Waals surface area (Å²) >= 11 is 1.91. The summed E-state index contributed by atoms with van der Waals surface area (Å²) in [6.45, 7) is 1.52. The molecular weight excluding hydrogens is 232 g/mol. The first-order valence-corrected chi connectivity index (χ1v) is 7.38. The highest BCUT2D eigenvalue weighted by molar-refractivity contribution is 7.99. The second-order valence-corrected chi connectivity index (χ2v) is 5.76. The Kier molecular flexibility index (Phi) is 3.69. The van der Waals surface area contributed by atoms with Crippen molar-refractivity contribution in [1.29, 1.82) is 0 Å². The molecule has 0 radical (unpaired) electrons. The van der Waals surface area contributed by atoms with Crippen LogP contribution in [0.1, 0.15) is 24.0 Å². The molecule has 0 spiro atoms. The number of thioether (sulfide) groups is 1. The minimum Gasteiger partial charge on any atom is -0.350 e. The van der Waals surface area contributed by atoms with Crippen molar-refractivity contribution >= 4 is 11.8 Å². The van der Waals surface area contributed by atoms with Gasteiger partial charge in [0.2, 0.25) is 0 Å². The number of aryl methyl sites for hydroxylation is 2. The van der Waals surface area contributed by atoms with Crippen LogP contribution in [-0.4, -0.2) is 25.3 Å². The first kappa shape index (κ1) is 11.6. The van der Waals surface area contributed by atoms with E-state index in [9.17, 15) is 0 Å². The summed E-state index contributed by atoms with van der Waals surface area (Å²) in [4.78, 5) is 1.39. The summed E-state index contributed by atoms with van der Waals surface area (Å²) in [6, 6.07) is 6.92. The maximum atomic E-state index is 5.43. The monoisotopic (exact) mass is 250 g/mol. The predicted molar refractivity (Wildman–Crippen MR) is 69.5 cm³/mol. The first-order valence-electron chi connectivity index (χ1n) is 6.39. The molecule has 0 amide bonds. The molecule has 2 nitrogen and oxygen atoms in total. The van der Waals surface area contributed by atoms with E-state index in [2.05, 4.69) is 18.2 Å². The average molecular weight is 250 g/mol. The van der Waals surface area contributed by atoms with Crippen molar-refractivity contribution in [2.24, 2.45) is 0 Å². The molecule has 1 aromatic rings. The lowest BCUT2D eigenvalue weighted by Crippen LogP contribution is -2.08. The van der Waals surface area contributed by atoms with E-state index in [0.717, 1.165) is 25.4 Å². The lowest BCUT2D eigenvalue weighted by molar-refractivity contribution is -0.0421. The Bertz CT molecular complexity index is 386. The second-order valence-electron chi connectivity index (χ2n) is 4.59. The van der Waals surface area contributed by atoms with E-state index in [4.69, 9.17) is 9.47 Å². The number of fused-ring (bicyclic) bond motifs is 1. The molecule has 1 aliphatic carbocycles. The van der Waals surface area contributed by atoms with Crippen molar-refractivity contribution in [3.05, 3.63) is 29.3 Å². The molecule has 1 saturated heterocycles. The molecule has 1 heterocycles. The predicted octanol–water partition coefficient (Wildman–Crippen LogP) is 3.03. The van der Waals surface area contributed by atoms with Crippen molar-refractivity contribution < 1.29 is 9.47 Å². The van der Waals surface area contributed by atoms with Gasteiger partial charge in [0.15, 0.2) is 6.29 Å². The number of rotatable bonds is 4. The second kappa shape index (κ2) is 5.42. The van der Waals surface area contributed by atoms with Crippen molar-refractivity contribution in [1.82, 2.24) is 0 Å². The molecule has 0 saturated carbocycles. The zero-order chi connectivity index (χ0) is 11.5. The van der Waals surface area contributed by atoms with Gasteiger partial charge in [-0.25, -0.2) is 0 Å². The van der Waals surface area contributed by atoms with Crippen LogP contribution in [0.15, 0.2) is 23.1 Å². The maximum Gasteiger partial charge on any atom is 0.158 e. The van der Waals surface area contributed by atoms with Gasteiger partial charge in [-0.3, -0.25) is 0 Å². The van der Waals surface area contributed by atoms with Crippen molar-refractivity contribution in [3.8, 4) is 0 Å². The Balaban J connectivity index is 1.51. The van der Waals surface area contributed by atoms with Gasteiger partial charge in [0.1, 0.15) is 0 Å². The van der Waals surface area contributed by atoms with Gasteiger partial charge < -0.3 is 9.47 Å². The standard InChI is InChI=1S/C14H18O2S/c1-2-11-4-5-13(10-12(11)3-1)17-9-6-14-15-7-8-16-14/h4-5,10,14H,1-3,6-9H2. The summed E-state index contributed by atoms with van der Waals surface area (Å²) in [5, 5.41) is 0. The summed E-state index contributed by atoms with van der Waals surface area (Å²) < 4.78 is 10.9. The molecule has 0 bridgehead atoms. The molecule has 3 rings (SSSR count). The molecule has 17 heavy (non-hydrogen) atoms. The van der Waals surface area contributed by atoms with Crippen molar-refractivity contribution in [2.45, 2.75) is 36.9 Å². The van der Waals surface area contributed by atoms with Gasteiger partial charge >= 0.3 is 0 Å². The van der Waals surface area contributed by atoms with Crippen molar-refractivity contribution in [3.63, 3.8) is 0 Å². The van der Waals surface area contributed by atoms with Gasteiger partial charge in [-0.1, -0.05) is 6.07 Å². The van der Waals surface area contributed by atoms with Crippen LogP contribution in [0.5, 0.6) is 0 Å². The van der Waals surface area contributed by atoms with Crippen molar-refractivity contribution in [2.75, 3.05) is 19.0 Å². The third-order valence-electron chi connectivity index (χ3n) is 3.38. The average Bonchev–Trinajstić information content (AvgIpc) is 2.98. The van der Waals surface area contributed by atoms with Gasteiger partial charge in [-0.2, -0.15) is 0 Å². The largest absolute Gasteiger partial charge is 0.350 e. The van der Waals surface area contributed by atoms with Crippen LogP contribution in [0.3, 0.4) is 0 Å². The van der Waals surface area contributed by atoms with Crippen LogP contribution in [0.2, 0.25) is 0 Å². The van der Waals surface area contributed by atoms with E-state index in [1.165, 1.54) is 24.2 Å². The van der Waals surface area contributed by atoms with Gasteiger partial charge in [-0.15, -0.1) is 11.8 Å². The minimum absolute atomic E-state index is 0.0388. The summed E-state index contributed by atoms with van der Waals surface area (Å²) in [5.41, 5.74) is 3.11. The van der Waals surface area contributed by atoms with Gasteiger partial charge in [0.25, 0.3) is 0 Å². The number of benzene rings is 1. The molecule has 1 aromatic carbocycles. The molecule has 0 N–H and O–H groups in total. The zero-order valence-electron chi connectivity index (χ0n) is 9.98. The molecule has 0 aromatic heterocycles. The lowest BCUT2D eigenvalue weighted by atomic mass is 10.1. The molecule has 0 atom stereocenters. The molecule has 92 valence electrons. The highest BCUT2D eigenvalue weighted by atomic mass is 32.2. The van der Waals surface area contributed by atoms with E-state index >= 15 is 0 Å². The van der Waals surface area contributed by atoms with Crippen LogP contribution in [0.25, 0.3) is 0 Å². The van der Waals surface area contributed by atoms with Crippen LogP contribution < -0.4 is 0 Å². The maximum absolute atomic E-state index is 5.43. The Labute approximate surface area is 107 Å². The van der Waals surface area contributed by atoms with Gasteiger partial charge in [0, 0.05) is 17.1 Å². The third-order valence-corrected chi connectivity index (χ3v) is 4.41.